The van der Waals surface area contributed by atoms with Crippen molar-refractivity contribution >= 4 is 46.4 Å². The average molecular weight is 727 g/mol. The lowest BCUT2D eigenvalue weighted by Crippen LogP contribution is -2.09. The highest BCUT2D eigenvalue weighted by Gasteiger charge is 2.23. The van der Waals surface area contributed by atoms with Gasteiger partial charge in [0, 0.05) is 6.07 Å². The van der Waals surface area contributed by atoms with Crippen molar-refractivity contribution < 1.29 is 19.4 Å². The van der Waals surface area contributed by atoms with Gasteiger partial charge in [-0.25, -0.2) is 24.1 Å². The third kappa shape index (κ3) is 6.34. The van der Waals surface area contributed by atoms with Crippen LogP contribution < -0.4 is 11.5 Å². The molecule has 0 aliphatic carbocycles. The number of methoxy groups -OCH3 is 1. The highest BCUT2D eigenvalue weighted by molar-refractivity contribution is 6.00. The van der Waals surface area contributed by atoms with Crippen molar-refractivity contribution in [1.29, 1.82) is 0 Å². The van der Waals surface area contributed by atoms with Gasteiger partial charge in [0.2, 0.25) is 0 Å². The van der Waals surface area contributed by atoms with Crippen molar-refractivity contribution in [2.45, 2.75) is 13.8 Å². The summed E-state index contributed by atoms with van der Waals surface area (Å²) in [5, 5.41) is 44.5. The van der Waals surface area contributed by atoms with Crippen LogP contribution in [0.2, 0.25) is 0 Å². The molecule has 0 aliphatic rings. The van der Waals surface area contributed by atoms with Crippen LogP contribution in [0.25, 0.3) is 23.0 Å². The summed E-state index contributed by atoms with van der Waals surface area (Å²) in [6, 6.07) is 19.7. The van der Waals surface area contributed by atoms with Crippen molar-refractivity contribution in [3.8, 4) is 23.0 Å². The number of hydrogen-bond donors (Lipinski definition) is 3. The number of esters is 1. The Kier molecular flexibility index (Phi) is 9.30. The molecule has 54 heavy (non-hydrogen) atoms. The second kappa shape index (κ2) is 14.5. The van der Waals surface area contributed by atoms with Gasteiger partial charge in [-0.15, -0.1) is 20.5 Å². The zero-order valence-electron chi connectivity index (χ0n) is 28.9. The Morgan fingerprint density at radius 2 is 1.17 bits per heavy atom. The Balaban J connectivity index is 1.21. The summed E-state index contributed by atoms with van der Waals surface area (Å²) in [6.07, 6.45) is 3.95. The maximum atomic E-state index is 12.5. The number of Topliss-reactive ketones (excluding diaryl/α,β-unsaturated/α-hetero) is 1. The second-order valence-corrected chi connectivity index (χ2v) is 11.4. The van der Waals surface area contributed by atoms with E-state index in [2.05, 4.69) is 50.8 Å². The second-order valence-electron chi connectivity index (χ2n) is 11.4. The Hall–Kier alpha value is -7.74. The van der Waals surface area contributed by atoms with Crippen LogP contribution in [-0.2, 0) is 4.74 Å². The molecule has 2 aromatic carbocycles. The van der Waals surface area contributed by atoms with Gasteiger partial charge in [0.05, 0.1) is 47.8 Å². The molecule has 7 rings (SSSR count). The first-order valence-corrected chi connectivity index (χ1v) is 16.1. The molecule has 0 unspecified atom stereocenters. The van der Waals surface area contributed by atoms with E-state index in [1.165, 1.54) is 44.6 Å². The summed E-state index contributed by atoms with van der Waals surface area (Å²) in [7, 11) is 1.26. The van der Waals surface area contributed by atoms with Gasteiger partial charge in [-0.1, -0.05) is 36.4 Å². The maximum absolute atomic E-state index is 12.5. The van der Waals surface area contributed by atoms with Crippen LogP contribution in [0, 0.1) is 13.8 Å². The van der Waals surface area contributed by atoms with Gasteiger partial charge in [0.15, 0.2) is 52.1 Å². The van der Waals surface area contributed by atoms with Crippen molar-refractivity contribution in [2.24, 2.45) is 20.5 Å². The largest absolute Gasteiger partial charge is 0.465 e. The summed E-state index contributed by atoms with van der Waals surface area (Å²) >= 11 is 0. The van der Waals surface area contributed by atoms with Crippen LogP contribution in [0.15, 0.2) is 106 Å². The third-order valence-electron chi connectivity index (χ3n) is 8.03. The van der Waals surface area contributed by atoms with Gasteiger partial charge in [0.25, 0.3) is 0 Å². The number of ketones is 1. The Labute approximate surface area is 305 Å². The number of carbonyl (C=O) groups excluding carboxylic acids is 2. The van der Waals surface area contributed by atoms with E-state index in [-0.39, 0.29) is 57.4 Å². The first-order valence-electron chi connectivity index (χ1n) is 16.1. The molecule has 0 fully saturated rings. The minimum absolute atomic E-state index is 0.0749. The fourth-order valence-electron chi connectivity index (χ4n) is 5.36. The van der Waals surface area contributed by atoms with E-state index in [1.54, 1.807) is 44.2 Å². The molecule has 0 saturated heterocycles. The van der Waals surface area contributed by atoms with E-state index in [0.717, 1.165) is 0 Å². The number of nitrogens with two attached hydrogens (primary N) is 2. The number of carbonyl (C=O) groups is 2. The van der Waals surface area contributed by atoms with Crippen LogP contribution in [0.4, 0.5) is 34.6 Å². The van der Waals surface area contributed by atoms with Crippen LogP contribution >= 0.6 is 0 Å². The van der Waals surface area contributed by atoms with Crippen LogP contribution in [0.1, 0.15) is 32.1 Å². The summed E-state index contributed by atoms with van der Waals surface area (Å²) < 4.78 is 10.5. The highest BCUT2D eigenvalue weighted by atomic mass is 16.5. The summed E-state index contributed by atoms with van der Waals surface area (Å²) in [5.41, 5.74) is 15.7. The fourth-order valence-corrected chi connectivity index (χ4v) is 5.36. The smallest absolute Gasteiger partial charge is 0.343 e. The lowest BCUT2D eigenvalue weighted by molar-refractivity contribution is 0.0601. The summed E-state index contributed by atoms with van der Waals surface area (Å²) in [5.74, 6) is -0.326. The zero-order valence-corrected chi connectivity index (χ0v) is 28.9. The predicted octanol–water partition coefficient (Wildman–Crippen LogP) is 4.79. The fraction of sp³-hybridized carbons (Fsp3) is 0.118. The number of rotatable bonds is 11. The van der Waals surface area contributed by atoms with E-state index in [9.17, 15) is 14.7 Å². The van der Waals surface area contributed by atoms with E-state index in [4.69, 9.17) is 16.2 Å². The summed E-state index contributed by atoms with van der Waals surface area (Å²) in [4.78, 5) is 33.7. The number of aliphatic hydroxyl groups is 1. The molecule has 0 amide bonds. The molecule has 20 heteroatoms. The number of nitrogens with zero attached hydrogens (tertiary/aromatic N) is 14. The van der Waals surface area contributed by atoms with Gasteiger partial charge < -0.3 is 21.3 Å². The van der Waals surface area contributed by atoms with E-state index in [0.29, 0.717) is 22.8 Å². The number of anilines is 2. The standard InChI is InChI=1S/C34H30N16O4/c1-19-28(41-43-32-23(25(52)17-51)15-39-47(32)21-10-6-4-7-11-21)30(35)49(45-19)26-14-27(38-18-37-26)50-31(36)29(20(2)46-50)42-44-33-24(34(53)54-3)16-40-48(33)22-12-8-5-9-13-22/h4-16,18,51H,17,35-36H2,1-3H3. The molecule has 5 N–H and O–H groups in total. The number of azo groups is 2. The minimum atomic E-state index is -0.737. The van der Waals surface area contributed by atoms with Gasteiger partial charge in [-0.2, -0.15) is 29.8 Å². The average Bonchev–Trinajstić information content (AvgIpc) is 3.96. The Bertz CT molecular complexity index is 2390. The van der Waals surface area contributed by atoms with E-state index < -0.39 is 18.4 Å². The number of aryl methyl sites for hydroxylation is 2. The lowest BCUT2D eigenvalue weighted by Gasteiger charge is -2.07. The minimum Gasteiger partial charge on any atom is -0.465 e. The SMILES string of the molecule is COC(=O)c1cnn(-c2ccccc2)c1N=Nc1c(C)nn(-c2cc(-n3nc(C)c(N=Nc4c(C(=O)CO)cnn4-c4ccccc4)c3N)ncn2)c1N. The quantitative estimate of drug-likeness (QED) is 0.0923. The lowest BCUT2D eigenvalue weighted by atomic mass is 10.2. The molecule has 5 heterocycles. The molecule has 20 nitrogen and oxygen atoms in total. The van der Waals surface area contributed by atoms with Gasteiger partial charge in [-0.05, 0) is 38.1 Å². The first-order chi connectivity index (χ1) is 26.2. The third-order valence-corrected chi connectivity index (χ3v) is 8.03. The van der Waals surface area contributed by atoms with Crippen molar-refractivity contribution in [1.82, 2.24) is 49.1 Å². The van der Waals surface area contributed by atoms with Crippen LogP contribution in [-0.4, -0.2) is 79.7 Å². The molecule has 0 saturated carbocycles. The van der Waals surface area contributed by atoms with Crippen LogP contribution in [0.5, 0.6) is 0 Å². The molecule has 7 aromatic rings. The number of benzene rings is 2. The van der Waals surface area contributed by atoms with Crippen LogP contribution in [0.3, 0.4) is 0 Å². The Morgan fingerprint density at radius 1 is 0.704 bits per heavy atom. The number of nitrogen functional groups attached to an aromatic ring is 2. The molecule has 0 spiro atoms. The number of aliphatic hydroxyl groups excluding tert-OH is 1. The number of aromatic nitrogens is 10. The molecular weight excluding hydrogens is 696 g/mol. The topological polar surface area (TPSA) is 262 Å². The van der Waals surface area contributed by atoms with E-state index in [1.807, 2.05) is 36.4 Å². The molecule has 5 aromatic heterocycles. The normalized spacial score (nSPS) is 11.6. The Morgan fingerprint density at radius 3 is 1.63 bits per heavy atom. The highest BCUT2D eigenvalue weighted by Crippen LogP contribution is 2.34. The van der Waals surface area contributed by atoms with Gasteiger partial charge in [-0.3, -0.25) is 4.79 Å². The van der Waals surface area contributed by atoms with E-state index >= 15 is 0 Å². The van der Waals surface area contributed by atoms with Gasteiger partial charge in [0.1, 0.15) is 18.5 Å². The maximum Gasteiger partial charge on any atom is 0.343 e. The number of hydrogen-bond acceptors (Lipinski definition) is 16. The molecule has 0 bridgehead atoms. The first kappa shape index (κ1) is 34.7. The number of para-hydroxylation sites is 2. The molecule has 0 atom stereocenters. The zero-order chi connectivity index (χ0) is 37.9. The molecule has 0 aliphatic heterocycles. The molecule has 270 valence electrons. The van der Waals surface area contributed by atoms with Gasteiger partial charge >= 0.3 is 5.97 Å². The van der Waals surface area contributed by atoms with Crippen molar-refractivity contribution in [2.75, 3.05) is 25.2 Å². The monoisotopic (exact) mass is 726 g/mol. The summed E-state index contributed by atoms with van der Waals surface area (Å²) in [6.45, 7) is 2.63. The number of ether oxygens (including phenoxy) is 1. The molecular formula is C34H30N16O4. The predicted molar refractivity (Wildman–Crippen MR) is 193 cm³/mol. The molecule has 0 radical (unpaired) electrons. The van der Waals surface area contributed by atoms with Crippen molar-refractivity contribution in [3.05, 3.63) is 108 Å². The van der Waals surface area contributed by atoms with Crippen molar-refractivity contribution in [3.63, 3.8) is 0 Å².